The maximum atomic E-state index is 5.70. The van der Waals surface area contributed by atoms with E-state index >= 15 is 0 Å². The van der Waals surface area contributed by atoms with Crippen molar-refractivity contribution < 1.29 is 0 Å². The number of nitrogen functional groups attached to an aromatic ring is 1. The number of rotatable bonds is 2. The van der Waals surface area contributed by atoms with E-state index in [1.165, 1.54) is 19.5 Å². The van der Waals surface area contributed by atoms with E-state index in [-0.39, 0.29) is 0 Å². The smallest absolute Gasteiger partial charge is 0.123 e. The van der Waals surface area contributed by atoms with Crippen molar-refractivity contribution in [2.24, 2.45) is 11.3 Å². The second-order valence-electron chi connectivity index (χ2n) is 6.14. The van der Waals surface area contributed by atoms with Gasteiger partial charge < -0.3 is 5.73 Å². The van der Waals surface area contributed by atoms with Crippen LogP contribution in [0.1, 0.15) is 32.9 Å². The van der Waals surface area contributed by atoms with Crippen molar-refractivity contribution >= 4 is 5.82 Å². The van der Waals surface area contributed by atoms with Crippen LogP contribution >= 0.6 is 0 Å². The molecule has 1 atom stereocenters. The lowest BCUT2D eigenvalue weighted by molar-refractivity contribution is 0.225. The zero-order chi connectivity index (χ0) is 12.5. The second-order valence-corrected chi connectivity index (χ2v) is 6.14. The zero-order valence-corrected chi connectivity index (χ0v) is 11.1. The summed E-state index contributed by atoms with van der Waals surface area (Å²) in [5.74, 6) is 1.41. The first kappa shape index (κ1) is 12.4. The van der Waals surface area contributed by atoms with Gasteiger partial charge in [0.25, 0.3) is 0 Å². The van der Waals surface area contributed by atoms with Crippen molar-refractivity contribution in [2.75, 3.05) is 18.8 Å². The summed E-state index contributed by atoms with van der Waals surface area (Å²) < 4.78 is 0. The van der Waals surface area contributed by atoms with Gasteiger partial charge in [-0.1, -0.05) is 26.8 Å². The molecule has 0 spiro atoms. The van der Waals surface area contributed by atoms with E-state index in [2.05, 4.69) is 36.7 Å². The maximum Gasteiger partial charge on any atom is 0.123 e. The van der Waals surface area contributed by atoms with Gasteiger partial charge in [0, 0.05) is 13.1 Å². The van der Waals surface area contributed by atoms with Crippen LogP contribution < -0.4 is 5.73 Å². The first-order valence-electron chi connectivity index (χ1n) is 6.39. The normalized spacial score (nSPS) is 21.9. The Morgan fingerprint density at radius 2 is 2.18 bits per heavy atom. The van der Waals surface area contributed by atoms with Crippen molar-refractivity contribution in [1.82, 2.24) is 9.88 Å². The molecule has 1 fully saturated rings. The summed E-state index contributed by atoms with van der Waals surface area (Å²) >= 11 is 0. The quantitative estimate of drug-likeness (QED) is 0.853. The molecule has 1 aliphatic heterocycles. The number of aromatic nitrogens is 1. The number of hydrogen-bond acceptors (Lipinski definition) is 3. The van der Waals surface area contributed by atoms with Gasteiger partial charge in [-0.2, -0.15) is 0 Å². The molecule has 94 valence electrons. The Morgan fingerprint density at radius 3 is 2.76 bits per heavy atom. The van der Waals surface area contributed by atoms with Crippen LogP contribution in [0.3, 0.4) is 0 Å². The molecule has 0 bridgehead atoms. The molecule has 1 aromatic rings. The average molecular weight is 233 g/mol. The standard InChI is InChI=1S/C14H23N3/c1-14(2,3)11-7-8-17(9-11)10-12-5-4-6-13(15)16-12/h4-6,11H,7-10H2,1-3H3,(H2,15,16). The lowest BCUT2D eigenvalue weighted by atomic mass is 9.80. The molecule has 1 unspecified atom stereocenters. The average Bonchev–Trinajstić information content (AvgIpc) is 2.65. The number of hydrogen-bond donors (Lipinski definition) is 1. The minimum atomic E-state index is 0.415. The van der Waals surface area contributed by atoms with E-state index in [9.17, 15) is 0 Å². The van der Waals surface area contributed by atoms with Gasteiger partial charge in [0.15, 0.2) is 0 Å². The van der Waals surface area contributed by atoms with Crippen molar-refractivity contribution in [3.05, 3.63) is 23.9 Å². The summed E-state index contributed by atoms with van der Waals surface area (Å²) in [4.78, 5) is 6.84. The van der Waals surface area contributed by atoms with E-state index in [0.29, 0.717) is 11.2 Å². The lowest BCUT2D eigenvalue weighted by Gasteiger charge is -2.27. The number of nitrogens with zero attached hydrogens (tertiary/aromatic N) is 2. The highest BCUT2D eigenvalue weighted by molar-refractivity contribution is 5.28. The molecule has 2 heterocycles. The molecule has 0 aliphatic carbocycles. The molecule has 0 aromatic carbocycles. The number of likely N-dealkylation sites (tertiary alicyclic amines) is 1. The minimum Gasteiger partial charge on any atom is -0.384 e. The Hall–Kier alpha value is -1.09. The third-order valence-corrected chi connectivity index (χ3v) is 3.71. The molecule has 1 aliphatic rings. The second kappa shape index (κ2) is 4.65. The van der Waals surface area contributed by atoms with E-state index in [1.54, 1.807) is 0 Å². The highest BCUT2D eigenvalue weighted by Gasteiger charge is 2.31. The molecule has 3 nitrogen and oxygen atoms in total. The summed E-state index contributed by atoms with van der Waals surface area (Å²) in [6.45, 7) is 10.3. The molecule has 2 rings (SSSR count). The van der Waals surface area contributed by atoms with E-state index in [1.807, 2.05) is 12.1 Å². The van der Waals surface area contributed by atoms with Gasteiger partial charge in [0.05, 0.1) is 5.69 Å². The van der Waals surface area contributed by atoms with Crippen LogP contribution in [-0.4, -0.2) is 23.0 Å². The van der Waals surface area contributed by atoms with E-state index in [4.69, 9.17) is 5.73 Å². The molecule has 3 heteroatoms. The Labute approximate surface area is 104 Å². The third kappa shape index (κ3) is 3.19. The molecular formula is C14H23N3. The number of pyridine rings is 1. The highest BCUT2D eigenvalue weighted by atomic mass is 15.2. The summed E-state index contributed by atoms with van der Waals surface area (Å²) in [7, 11) is 0. The molecule has 0 amide bonds. The number of anilines is 1. The van der Waals surface area contributed by atoms with E-state index in [0.717, 1.165) is 18.2 Å². The van der Waals surface area contributed by atoms with E-state index < -0.39 is 0 Å². The molecule has 17 heavy (non-hydrogen) atoms. The fourth-order valence-corrected chi connectivity index (χ4v) is 2.50. The topological polar surface area (TPSA) is 42.1 Å². The Kier molecular flexibility index (Phi) is 3.38. The number of nitrogens with two attached hydrogens (primary N) is 1. The van der Waals surface area contributed by atoms with Gasteiger partial charge in [-0.3, -0.25) is 4.90 Å². The summed E-state index contributed by atoms with van der Waals surface area (Å²) in [6.07, 6.45) is 1.30. The molecule has 0 radical (unpaired) electrons. The molecule has 0 saturated carbocycles. The van der Waals surface area contributed by atoms with Gasteiger partial charge in [-0.25, -0.2) is 4.98 Å². The monoisotopic (exact) mass is 233 g/mol. The first-order valence-corrected chi connectivity index (χ1v) is 6.39. The van der Waals surface area contributed by atoms with Gasteiger partial charge >= 0.3 is 0 Å². The van der Waals surface area contributed by atoms with Crippen LogP contribution in [0, 0.1) is 11.3 Å². The van der Waals surface area contributed by atoms with Crippen LogP contribution in [0.5, 0.6) is 0 Å². The zero-order valence-electron chi connectivity index (χ0n) is 11.1. The van der Waals surface area contributed by atoms with Gasteiger partial charge in [-0.15, -0.1) is 0 Å². The van der Waals surface area contributed by atoms with Crippen LogP contribution in [-0.2, 0) is 6.54 Å². The summed E-state index contributed by atoms with van der Waals surface area (Å²) in [5, 5.41) is 0. The fourth-order valence-electron chi connectivity index (χ4n) is 2.50. The van der Waals surface area contributed by atoms with Gasteiger partial charge in [0.1, 0.15) is 5.82 Å². The molecule has 1 aromatic heterocycles. The van der Waals surface area contributed by atoms with Crippen molar-refractivity contribution in [3.63, 3.8) is 0 Å². The fraction of sp³-hybridized carbons (Fsp3) is 0.643. The highest BCUT2D eigenvalue weighted by Crippen LogP contribution is 2.33. The van der Waals surface area contributed by atoms with Gasteiger partial charge in [0.2, 0.25) is 0 Å². The van der Waals surface area contributed by atoms with Crippen LogP contribution in [0.4, 0.5) is 5.82 Å². The third-order valence-electron chi connectivity index (χ3n) is 3.71. The minimum absolute atomic E-state index is 0.415. The van der Waals surface area contributed by atoms with Crippen molar-refractivity contribution in [3.8, 4) is 0 Å². The Bertz CT molecular complexity index is 381. The van der Waals surface area contributed by atoms with Crippen molar-refractivity contribution in [2.45, 2.75) is 33.7 Å². The van der Waals surface area contributed by atoms with Crippen LogP contribution in [0.15, 0.2) is 18.2 Å². The summed E-state index contributed by atoms with van der Waals surface area (Å²) in [5.41, 5.74) is 7.20. The Balaban J connectivity index is 1.94. The predicted molar refractivity (Wildman–Crippen MR) is 71.5 cm³/mol. The van der Waals surface area contributed by atoms with Crippen molar-refractivity contribution in [1.29, 1.82) is 0 Å². The van der Waals surface area contributed by atoms with Crippen LogP contribution in [0.2, 0.25) is 0 Å². The Morgan fingerprint density at radius 1 is 1.41 bits per heavy atom. The SMILES string of the molecule is CC(C)(C)C1CCN(Cc2cccc(N)n2)C1. The predicted octanol–water partition coefficient (Wildman–Crippen LogP) is 2.53. The summed E-state index contributed by atoms with van der Waals surface area (Å²) in [6, 6.07) is 5.88. The van der Waals surface area contributed by atoms with Crippen LogP contribution in [0.25, 0.3) is 0 Å². The molecule has 2 N–H and O–H groups in total. The first-order chi connectivity index (χ1) is 7.95. The molecular weight excluding hydrogens is 210 g/mol. The lowest BCUT2D eigenvalue weighted by Crippen LogP contribution is -2.26. The maximum absolute atomic E-state index is 5.70. The van der Waals surface area contributed by atoms with Gasteiger partial charge in [-0.05, 0) is 36.4 Å². The molecule has 1 saturated heterocycles. The largest absolute Gasteiger partial charge is 0.384 e.